The SMILES string of the molecule is COCCn1cc(NC(=O)Nc2ccc(OC(F)(F)F)cc2)nc1C(=O)O. The Bertz CT molecular complexity index is 805. The number of imidazole rings is 1. The number of rotatable bonds is 7. The quantitative estimate of drug-likeness (QED) is 0.672. The molecule has 9 nitrogen and oxygen atoms in total. The van der Waals surface area contributed by atoms with Crippen LogP contribution in [0.4, 0.5) is 29.5 Å². The third-order valence-corrected chi connectivity index (χ3v) is 3.09. The lowest BCUT2D eigenvalue weighted by molar-refractivity contribution is -0.274. The third-order valence-electron chi connectivity index (χ3n) is 3.09. The lowest BCUT2D eigenvalue weighted by Gasteiger charge is -2.10. The Morgan fingerprint density at radius 1 is 1.22 bits per heavy atom. The van der Waals surface area contributed by atoms with Crippen LogP contribution >= 0.6 is 0 Å². The van der Waals surface area contributed by atoms with Crippen LogP contribution in [0, 0.1) is 0 Å². The molecule has 2 amide bonds. The molecule has 2 aromatic rings. The van der Waals surface area contributed by atoms with Crippen LogP contribution in [-0.4, -0.2) is 46.7 Å². The number of halogens is 3. The second-order valence-electron chi connectivity index (χ2n) is 5.09. The van der Waals surface area contributed by atoms with Crippen LogP contribution in [0.2, 0.25) is 0 Å². The normalized spacial score (nSPS) is 11.1. The van der Waals surface area contributed by atoms with Gasteiger partial charge in [-0.15, -0.1) is 13.2 Å². The Morgan fingerprint density at radius 2 is 1.89 bits per heavy atom. The van der Waals surface area contributed by atoms with Crippen molar-refractivity contribution in [2.75, 3.05) is 24.4 Å². The summed E-state index contributed by atoms with van der Waals surface area (Å²) in [5.41, 5.74) is 0.194. The van der Waals surface area contributed by atoms with Gasteiger partial charge in [-0.3, -0.25) is 5.32 Å². The van der Waals surface area contributed by atoms with E-state index in [0.29, 0.717) is 0 Å². The molecule has 0 bridgehead atoms. The molecule has 0 saturated heterocycles. The number of carbonyl (C=O) groups is 2. The first kappa shape index (κ1) is 20.0. The van der Waals surface area contributed by atoms with Crippen molar-refractivity contribution < 1.29 is 37.3 Å². The molecule has 12 heteroatoms. The van der Waals surface area contributed by atoms with E-state index in [9.17, 15) is 22.8 Å². The van der Waals surface area contributed by atoms with Gasteiger partial charge in [0, 0.05) is 25.5 Å². The molecule has 1 heterocycles. The van der Waals surface area contributed by atoms with E-state index >= 15 is 0 Å². The molecule has 0 atom stereocenters. The summed E-state index contributed by atoms with van der Waals surface area (Å²) in [6.45, 7) is 0.462. The summed E-state index contributed by atoms with van der Waals surface area (Å²) in [4.78, 5) is 26.9. The van der Waals surface area contributed by atoms with Crippen molar-refractivity contribution >= 4 is 23.5 Å². The Kier molecular flexibility index (Phi) is 6.23. The maximum atomic E-state index is 12.1. The average Bonchev–Trinajstić information content (AvgIpc) is 2.96. The van der Waals surface area contributed by atoms with Gasteiger partial charge in [0.2, 0.25) is 5.82 Å². The largest absolute Gasteiger partial charge is 0.573 e. The monoisotopic (exact) mass is 388 g/mol. The number of methoxy groups -OCH3 is 1. The molecule has 0 fully saturated rings. The lowest BCUT2D eigenvalue weighted by atomic mass is 10.3. The number of carbonyl (C=O) groups excluding carboxylic acids is 1. The molecule has 0 aliphatic carbocycles. The van der Waals surface area contributed by atoms with Crippen molar-refractivity contribution in [1.82, 2.24) is 9.55 Å². The zero-order chi connectivity index (χ0) is 20.0. The number of aromatic nitrogens is 2. The Hall–Kier alpha value is -3.28. The van der Waals surface area contributed by atoms with Gasteiger partial charge in [-0.05, 0) is 24.3 Å². The number of carboxylic acids is 1. The second-order valence-corrected chi connectivity index (χ2v) is 5.09. The minimum Gasteiger partial charge on any atom is -0.475 e. The first-order chi connectivity index (χ1) is 12.7. The minimum atomic E-state index is -4.81. The van der Waals surface area contributed by atoms with Crippen LogP contribution in [0.25, 0.3) is 0 Å². The van der Waals surface area contributed by atoms with Gasteiger partial charge >= 0.3 is 18.4 Å². The first-order valence-corrected chi connectivity index (χ1v) is 7.41. The van der Waals surface area contributed by atoms with Crippen molar-refractivity contribution in [3.63, 3.8) is 0 Å². The van der Waals surface area contributed by atoms with Gasteiger partial charge in [0.15, 0.2) is 5.82 Å². The fraction of sp³-hybridized carbons (Fsp3) is 0.267. The molecule has 0 aliphatic rings. The van der Waals surface area contributed by atoms with Crippen LogP contribution in [0.3, 0.4) is 0 Å². The number of nitrogens with one attached hydrogen (secondary N) is 2. The maximum Gasteiger partial charge on any atom is 0.573 e. The second kappa shape index (κ2) is 8.40. The van der Waals surface area contributed by atoms with E-state index < -0.39 is 24.1 Å². The molecule has 146 valence electrons. The van der Waals surface area contributed by atoms with E-state index in [2.05, 4.69) is 20.4 Å². The van der Waals surface area contributed by atoms with Gasteiger partial charge in [-0.1, -0.05) is 0 Å². The minimum absolute atomic E-state index is 0.0157. The summed E-state index contributed by atoms with van der Waals surface area (Å²) in [6.07, 6.45) is -3.49. The number of nitrogens with zero attached hydrogens (tertiary/aromatic N) is 2. The van der Waals surface area contributed by atoms with Crippen molar-refractivity contribution in [3.8, 4) is 5.75 Å². The molecule has 0 saturated carbocycles. The van der Waals surface area contributed by atoms with Crippen LogP contribution in [0.1, 0.15) is 10.6 Å². The number of ether oxygens (including phenoxy) is 2. The maximum absolute atomic E-state index is 12.1. The standard InChI is InChI=1S/C15H15F3N4O5/c1-26-7-6-22-8-11(20-12(22)13(23)24)21-14(25)19-9-2-4-10(5-3-9)27-15(16,17)18/h2-5,8H,6-7H2,1H3,(H,23,24)(H2,19,21,25). The molecule has 3 N–H and O–H groups in total. The Balaban J connectivity index is 2.00. The molecule has 0 aliphatic heterocycles. The van der Waals surface area contributed by atoms with Crippen LogP contribution in [-0.2, 0) is 11.3 Å². The predicted molar refractivity (Wildman–Crippen MR) is 86.8 cm³/mol. The third kappa shape index (κ3) is 6.18. The van der Waals surface area contributed by atoms with E-state index in [1.54, 1.807) is 0 Å². The van der Waals surface area contributed by atoms with Gasteiger partial charge in [0.1, 0.15) is 5.75 Å². The number of alkyl halides is 3. The number of benzene rings is 1. The fourth-order valence-corrected chi connectivity index (χ4v) is 2.03. The molecule has 0 unspecified atom stereocenters. The van der Waals surface area contributed by atoms with Gasteiger partial charge in [-0.2, -0.15) is 0 Å². The fourth-order valence-electron chi connectivity index (χ4n) is 2.03. The molecule has 1 aromatic carbocycles. The highest BCUT2D eigenvalue weighted by molar-refractivity contribution is 5.99. The van der Waals surface area contributed by atoms with Crippen molar-refractivity contribution in [2.45, 2.75) is 12.9 Å². The topological polar surface area (TPSA) is 115 Å². The number of aromatic carboxylic acids is 1. The van der Waals surface area contributed by atoms with Crippen LogP contribution < -0.4 is 15.4 Å². The van der Waals surface area contributed by atoms with E-state index in [-0.39, 0.29) is 30.5 Å². The zero-order valence-electron chi connectivity index (χ0n) is 13.9. The first-order valence-electron chi connectivity index (χ1n) is 7.41. The summed E-state index contributed by atoms with van der Waals surface area (Å²) < 4.78 is 46.2. The molecule has 1 aromatic heterocycles. The highest BCUT2D eigenvalue weighted by Crippen LogP contribution is 2.24. The average molecular weight is 388 g/mol. The van der Waals surface area contributed by atoms with Crippen molar-refractivity contribution in [1.29, 1.82) is 0 Å². The Labute approximate surface area is 150 Å². The van der Waals surface area contributed by atoms with Crippen molar-refractivity contribution in [2.24, 2.45) is 0 Å². The van der Waals surface area contributed by atoms with E-state index in [1.807, 2.05) is 0 Å². The molecule has 0 radical (unpaired) electrons. The smallest absolute Gasteiger partial charge is 0.475 e. The molecular formula is C15H15F3N4O5. The van der Waals surface area contributed by atoms with Gasteiger partial charge in [0.05, 0.1) is 6.61 Å². The number of hydrogen-bond acceptors (Lipinski definition) is 5. The summed E-state index contributed by atoms with van der Waals surface area (Å²) in [6, 6.07) is 3.73. The number of amides is 2. The zero-order valence-corrected chi connectivity index (χ0v) is 13.9. The van der Waals surface area contributed by atoms with Crippen LogP contribution in [0.5, 0.6) is 5.75 Å². The summed E-state index contributed by atoms with van der Waals surface area (Å²) in [7, 11) is 1.45. The Morgan fingerprint density at radius 3 is 2.44 bits per heavy atom. The van der Waals surface area contributed by atoms with Crippen LogP contribution in [0.15, 0.2) is 30.5 Å². The predicted octanol–water partition coefficient (Wildman–Crippen LogP) is 2.77. The molecular weight excluding hydrogens is 373 g/mol. The summed E-state index contributed by atoms with van der Waals surface area (Å²) in [5, 5.41) is 13.8. The number of urea groups is 1. The highest BCUT2D eigenvalue weighted by Gasteiger charge is 2.31. The van der Waals surface area contributed by atoms with E-state index in [4.69, 9.17) is 9.84 Å². The number of anilines is 2. The van der Waals surface area contributed by atoms with E-state index in [0.717, 1.165) is 12.1 Å². The van der Waals surface area contributed by atoms with Crippen molar-refractivity contribution in [3.05, 3.63) is 36.3 Å². The number of carboxylic acid groups (broad SMARTS) is 1. The summed E-state index contributed by atoms with van der Waals surface area (Å²) in [5.74, 6) is -2.01. The number of hydrogen-bond donors (Lipinski definition) is 3. The van der Waals surface area contributed by atoms with Gasteiger partial charge < -0.3 is 24.5 Å². The molecule has 2 rings (SSSR count). The summed E-state index contributed by atoms with van der Waals surface area (Å²) >= 11 is 0. The van der Waals surface area contributed by atoms with Gasteiger partial charge in [-0.25, -0.2) is 14.6 Å². The highest BCUT2D eigenvalue weighted by atomic mass is 19.4. The lowest BCUT2D eigenvalue weighted by Crippen LogP contribution is -2.20. The van der Waals surface area contributed by atoms with Gasteiger partial charge in [0.25, 0.3) is 0 Å². The molecule has 0 spiro atoms. The van der Waals surface area contributed by atoms with E-state index in [1.165, 1.54) is 30.0 Å². The molecule has 27 heavy (non-hydrogen) atoms.